The molecule has 0 spiro atoms. The summed E-state index contributed by atoms with van der Waals surface area (Å²) in [5.41, 5.74) is 2.44. The zero-order valence-corrected chi connectivity index (χ0v) is 23.0. The number of fused-ring (bicyclic) bond motifs is 2. The number of para-hydroxylation sites is 1. The average molecular weight is 573 g/mol. The molecule has 0 radical (unpaired) electrons. The number of anilines is 1. The highest BCUT2D eigenvalue weighted by Gasteiger charge is 2.56. The highest BCUT2D eigenvalue weighted by Crippen LogP contribution is 2.54. The maximum Gasteiger partial charge on any atom is 0.338 e. The van der Waals surface area contributed by atoms with Gasteiger partial charge in [-0.25, -0.2) is 9.69 Å². The predicted octanol–water partition coefficient (Wildman–Crippen LogP) is 4.99. The summed E-state index contributed by atoms with van der Waals surface area (Å²) >= 11 is 2.27. The first-order valence-electron chi connectivity index (χ1n) is 12.8. The molecular formula is C30H24N2O6S2. The molecule has 10 heteroatoms. The Morgan fingerprint density at radius 1 is 0.925 bits per heavy atom. The van der Waals surface area contributed by atoms with Gasteiger partial charge >= 0.3 is 10.8 Å². The van der Waals surface area contributed by atoms with E-state index in [1.54, 1.807) is 31.2 Å². The minimum atomic E-state index is -0.748. The zero-order valence-electron chi connectivity index (χ0n) is 21.4. The average Bonchev–Trinajstić information content (AvgIpc) is 3.47. The van der Waals surface area contributed by atoms with Crippen molar-refractivity contribution >= 4 is 46.6 Å². The number of H-pyrrole nitrogens is 1. The van der Waals surface area contributed by atoms with Gasteiger partial charge in [0.05, 0.1) is 28.8 Å². The van der Waals surface area contributed by atoms with Gasteiger partial charge in [-0.15, -0.1) is 0 Å². The molecule has 3 atom stereocenters. The van der Waals surface area contributed by atoms with E-state index in [-0.39, 0.29) is 23.3 Å². The molecule has 0 aliphatic carbocycles. The normalized spacial score (nSPS) is 19.7. The van der Waals surface area contributed by atoms with Gasteiger partial charge in [0.2, 0.25) is 11.8 Å². The van der Waals surface area contributed by atoms with Crippen molar-refractivity contribution < 1.29 is 23.9 Å². The van der Waals surface area contributed by atoms with Gasteiger partial charge < -0.3 is 14.5 Å². The number of ether oxygens (including phenoxy) is 2. The SMILES string of the molecule is CCOC(=O)c1ccc(N2C(=O)C3Sc4[nH]c(=O)sc4[C@H](c4ccccc4OCc4ccccc4)C3C2=O)cc1. The third kappa shape index (κ3) is 4.63. The molecule has 2 unspecified atom stereocenters. The number of carbonyl (C=O) groups excluding carboxylic acids is 3. The lowest BCUT2D eigenvalue weighted by Gasteiger charge is -2.30. The van der Waals surface area contributed by atoms with Crippen LogP contribution < -0.4 is 14.5 Å². The van der Waals surface area contributed by atoms with Crippen LogP contribution in [-0.4, -0.2) is 34.6 Å². The molecule has 1 N–H and O–H groups in total. The fraction of sp³-hybridized carbons (Fsp3) is 0.200. The van der Waals surface area contributed by atoms with E-state index >= 15 is 0 Å². The van der Waals surface area contributed by atoms with Crippen molar-refractivity contribution in [3.63, 3.8) is 0 Å². The number of thiazole rings is 1. The smallest absolute Gasteiger partial charge is 0.338 e. The highest BCUT2D eigenvalue weighted by molar-refractivity contribution is 8.00. The second-order valence-corrected chi connectivity index (χ2v) is 11.5. The van der Waals surface area contributed by atoms with Crippen molar-refractivity contribution in [1.82, 2.24) is 4.98 Å². The van der Waals surface area contributed by atoms with Gasteiger partial charge in [-0.2, -0.15) is 0 Å². The highest BCUT2D eigenvalue weighted by atomic mass is 32.2. The quantitative estimate of drug-likeness (QED) is 0.246. The maximum atomic E-state index is 14.0. The topological polar surface area (TPSA) is 106 Å². The molecule has 2 amide bonds. The third-order valence-corrected chi connectivity index (χ3v) is 9.35. The van der Waals surface area contributed by atoms with Gasteiger partial charge in [-0.3, -0.25) is 14.4 Å². The van der Waals surface area contributed by atoms with Crippen LogP contribution in [-0.2, 0) is 20.9 Å². The van der Waals surface area contributed by atoms with Crippen molar-refractivity contribution in [3.05, 3.63) is 110 Å². The van der Waals surface area contributed by atoms with Gasteiger partial charge in [-0.1, -0.05) is 71.6 Å². The van der Waals surface area contributed by atoms with E-state index in [9.17, 15) is 19.2 Å². The van der Waals surface area contributed by atoms with Gasteiger partial charge in [0.1, 0.15) is 17.6 Å². The molecule has 1 fully saturated rings. The molecule has 2 aliphatic rings. The fourth-order valence-corrected chi connectivity index (χ4v) is 7.68. The molecule has 3 aromatic carbocycles. The standard InChI is InChI=1S/C30H24N2O6S2/c1-2-37-29(35)18-12-14-19(15-13-18)32-27(33)23-22(24-26(31-30(36)40-24)39-25(23)28(32)34)20-10-6-7-11-21(20)38-16-17-8-4-3-5-9-17/h3-15,22-23,25H,2,16H2,1H3,(H,31,36)/t22-,23?,25?/m1/s1. The number of thioether (sulfide) groups is 1. The number of nitrogens with zero attached hydrogens (tertiary/aromatic N) is 1. The van der Waals surface area contributed by atoms with Crippen LogP contribution in [0.2, 0.25) is 0 Å². The maximum absolute atomic E-state index is 14.0. The lowest BCUT2D eigenvalue weighted by atomic mass is 9.82. The number of benzene rings is 3. The Morgan fingerprint density at radius 3 is 2.40 bits per heavy atom. The Hall–Kier alpha value is -4.15. The molecule has 3 heterocycles. The number of hydrogen-bond acceptors (Lipinski definition) is 8. The summed E-state index contributed by atoms with van der Waals surface area (Å²) in [5.74, 6) is -1.92. The Morgan fingerprint density at radius 2 is 1.65 bits per heavy atom. The molecule has 202 valence electrons. The number of imide groups is 1. The van der Waals surface area contributed by atoms with E-state index in [4.69, 9.17) is 9.47 Å². The molecular weight excluding hydrogens is 548 g/mol. The summed E-state index contributed by atoms with van der Waals surface area (Å²) in [6.45, 7) is 2.30. The predicted molar refractivity (Wildman–Crippen MR) is 152 cm³/mol. The number of aromatic amines is 1. The van der Waals surface area contributed by atoms with E-state index in [2.05, 4.69) is 4.98 Å². The second kappa shape index (κ2) is 10.8. The number of nitrogens with one attached hydrogen (secondary N) is 1. The van der Waals surface area contributed by atoms with Crippen LogP contribution in [0.3, 0.4) is 0 Å². The Labute approximate surface area is 237 Å². The molecule has 1 saturated heterocycles. The largest absolute Gasteiger partial charge is 0.489 e. The second-order valence-electron chi connectivity index (χ2n) is 9.34. The van der Waals surface area contributed by atoms with E-state index < -0.39 is 23.1 Å². The lowest BCUT2D eigenvalue weighted by molar-refractivity contribution is -0.122. The van der Waals surface area contributed by atoms with E-state index in [1.807, 2.05) is 54.6 Å². The number of rotatable bonds is 7. The van der Waals surface area contributed by atoms with Crippen LogP contribution in [0.4, 0.5) is 5.69 Å². The molecule has 1 aromatic heterocycles. The van der Waals surface area contributed by atoms with Crippen LogP contribution in [0.25, 0.3) is 0 Å². The van der Waals surface area contributed by atoms with Crippen molar-refractivity contribution in [2.45, 2.75) is 29.7 Å². The first kappa shape index (κ1) is 26.1. The van der Waals surface area contributed by atoms with Crippen molar-refractivity contribution in [2.75, 3.05) is 11.5 Å². The first-order valence-corrected chi connectivity index (χ1v) is 14.5. The summed E-state index contributed by atoms with van der Waals surface area (Å²) in [4.78, 5) is 56.8. The van der Waals surface area contributed by atoms with Crippen molar-refractivity contribution in [2.24, 2.45) is 5.92 Å². The summed E-state index contributed by atoms with van der Waals surface area (Å²) < 4.78 is 11.3. The van der Waals surface area contributed by atoms with Crippen LogP contribution in [0.1, 0.15) is 39.2 Å². The molecule has 8 nitrogen and oxygen atoms in total. The molecule has 40 heavy (non-hydrogen) atoms. The minimum Gasteiger partial charge on any atom is -0.489 e. The van der Waals surface area contributed by atoms with Gasteiger partial charge in [0.15, 0.2) is 0 Å². The van der Waals surface area contributed by atoms with Crippen LogP contribution in [0.15, 0.2) is 88.7 Å². The van der Waals surface area contributed by atoms with E-state index in [0.717, 1.165) is 22.5 Å². The van der Waals surface area contributed by atoms with E-state index in [0.29, 0.717) is 33.5 Å². The summed E-state index contributed by atoms with van der Waals surface area (Å²) in [6.07, 6.45) is 0. The molecule has 6 rings (SSSR count). The first-order chi connectivity index (χ1) is 19.5. The van der Waals surface area contributed by atoms with Gasteiger partial charge in [-0.05, 0) is 42.8 Å². The molecule has 0 bridgehead atoms. The Bertz CT molecular complexity index is 1650. The van der Waals surface area contributed by atoms with Crippen LogP contribution in [0.5, 0.6) is 5.75 Å². The Balaban J connectivity index is 1.38. The third-order valence-electron chi connectivity index (χ3n) is 6.95. The minimum absolute atomic E-state index is 0.239. The summed E-state index contributed by atoms with van der Waals surface area (Å²) in [6, 6.07) is 23.4. The lowest BCUT2D eigenvalue weighted by Crippen LogP contribution is -2.32. The fourth-order valence-electron chi connectivity index (χ4n) is 5.17. The number of carbonyl (C=O) groups is 3. The Kier molecular flexibility index (Phi) is 7.03. The van der Waals surface area contributed by atoms with Crippen molar-refractivity contribution in [3.8, 4) is 5.75 Å². The number of hydrogen-bond donors (Lipinski definition) is 1. The zero-order chi connectivity index (χ0) is 27.8. The number of aromatic nitrogens is 1. The summed E-state index contributed by atoms with van der Waals surface area (Å²) in [5, 5.41) is -0.137. The number of esters is 1. The van der Waals surface area contributed by atoms with Gasteiger partial charge in [0, 0.05) is 16.4 Å². The monoisotopic (exact) mass is 572 g/mol. The van der Waals surface area contributed by atoms with Gasteiger partial charge in [0.25, 0.3) is 0 Å². The van der Waals surface area contributed by atoms with Crippen molar-refractivity contribution in [1.29, 1.82) is 0 Å². The van der Waals surface area contributed by atoms with E-state index in [1.165, 1.54) is 16.7 Å². The summed E-state index contributed by atoms with van der Waals surface area (Å²) in [7, 11) is 0. The molecule has 0 saturated carbocycles. The van der Waals surface area contributed by atoms with Crippen LogP contribution in [0, 0.1) is 5.92 Å². The van der Waals surface area contributed by atoms with Crippen LogP contribution >= 0.6 is 23.1 Å². The molecule has 2 aliphatic heterocycles. The number of amides is 2. The molecule has 4 aromatic rings.